The van der Waals surface area contributed by atoms with Gasteiger partial charge in [-0.1, -0.05) is 49.3 Å². The Labute approximate surface area is 212 Å². The van der Waals surface area contributed by atoms with Crippen LogP contribution < -0.4 is 15.4 Å². The Kier molecular flexibility index (Phi) is 9.52. The molecule has 0 atom stereocenters. The summed E-state index contributed by atoms with van der Waals surface area (Å²) in [5.41, 5.74) is 1.43. The second-order valence-electron chi connectivity index (χ2n) is 9.72. The Morgan fingerprint density at radius 2 is 1.78 bits per heavy atom. The average molecular weight is 491 g/mol. The molecule has 190 valence electrons. The van der Waals surface area contributed by atoms with Crippen LogP contribution in [0.5, 0.6) is 11.5 Å². The third-order valence-electron chi connectivity index (χ3n) is 5.38. The molecular formula is C29H34N2O5. The van der Waals surface area contributed by atoms with E-state index in [1.807, 2.05) is 45.0 Å². The molecule has 1 aliphatic rings. The van der Waals surface area contributed by atoms with Gasteiger partial charge in [0.1, 0.15) is 17.1 Å². The van der Waals surface area contributed by atoms with Crippen LogP contribution in [0.4, 0.5) is 4.79 Å². The van der Waals surface area contributed by atoms with Gasteiger partial charge < -0.3 is 14.8 Å². The minimum Gasteiger partial charge on any atom is -0.456 e. The number of fused-ring (bicyclic) bond motifs is 1. The van der Waals surface area contributed by atoms with Gasteiger partial charge in [-0.05, 0) is 63.4 Å². The third kappa shape index (κ3) is 8.77. The van der Waals surface area contributed by atoms with Gasteiger partial charge in [-0.15, -0.1) is 0 Å². The maximum atomic E-state index is 12.3. The summed E-state index contributed by atoms with van der Waals surface area (Å²) in [6.45, 7) is 6.18. The van der Waals surface area contributed by atoms with Crippen LogP contribution in [-0.2, 0) is 16.0 Å². The number of benzene rings is 2. The fourth-order valence-electron chi connectivity index (χ4n) is 3.78. The Balaban J connectivity index is 1.39. The first-order valence-corrected chi connectivity index (χ1v) is 12.4. The number of ether oxygens (including phenoxy) is 2. The van der Waals surface area contributed by atoms with E-state index in [0.29, 0.717) is 29.2 Å². The zero-order valence-corrected chi connectivity index (χ0v) is 21.2. The van der Waals surface area contributed by atoms with Crippen molar-refractivity contribution in [3.8, 4) is 23.3 Å². The van der Waals surface area contributed by atoms with E-state index < -0.39 is 11.5 Å². The van der Waals surface area contributed by atoms with Gasteiger partial charge >= 0.3 is 6.09 Å². The van der Waals surface area contributed by atoms with Crippen molar-refractivity contribution < 1.29 is 23.9 Å². The predicted octanol–water partition coefficient (Wildman–Crippen LogP) is 5.51. The molecule has 0 bridgehead atoms. The highest BCUT2D eigenvalue weighted by molar-refractivity contribution is 6.11. The molecule has 0 saturated carbocycles. The topological polar surface area (TPSA) is 93.7 Å². The Bertz CT molecular complexity index is 1150. The monoisotopic (exact) mass is 490 g/mol. The molecule has 36 heavy (non-hydrogen) atoms. The molecule has 2 aromatic rings. The lowest BCUT2D eigenvalue weighted by Crippen LogP contribution is -2.37. The number of alkyl carbamates (subject to hydrolysis) is 1. The van der Waals surface area contributed by atoms with Crippen LogP contribution in [0.2, 0.25) is 0 Å². The van der Waals surface area contributed by atoms with E-state index in [1.165, 1.54) is 0 Å². The second-order valence-corrected chi connectivity index (χ2v) is 9.72. The zero-order valence-electron chi connectivity index (χ0n) is 21.2. The highest BCUT2D eigenvalue weighted by Gasteiger charge is 2.26. The first-order chi connectivity index (χ1) is 17.2. The van der Waals surface area contributed by atoms with Crippen molar-refractivity contribution in [2.75, 3.05) is 6.54 Å². The molecule has 3 rings (SSSR count). The summed E-state index contributed by atoms with van der Waals surface area (Å²) in [6.07, 6.45) is 5.80. The van der Waals surface area contributed by atoms with Crippen LogP contribution in [-0.4, -0.2) is 30.1 Å². The van der Waals surface area contributed by atoms with E-state index in [1.54, 1.807) is 18.2 Å². The Hall–Kier alpha value is -3.79. The van der Waals surface area contributed by atoms with E-state index >= 15 is 0 Å². The molecule has 7 heteroatoms. The average Bonchev–Trinajstić information content (AvgIpc) is 2.79. The normalized spacial score (nSPS) is 12.6. The summed E-state index contributed by atoms with van der Waals surface area (Å²) in [5, 5.41) is 5.12. The SMILES string of the molecule is CC(C)(C)OC(=O)NCCCCCCCC#Cc1cccc(Oc2cccc3c2C(=O)NC(=O)C3)c1. The first kappa shape index (κ1) is 26.8. The van der Waals surface area contributed by atoms with Gasteiger partial charge in [0.25, 0.3) is 5.91 Å². The summed E-state index contributed by atoms with van der Waals surface area (Å²) >= 11 is 0. The zero-order chi connectivity index (χ0) is 26.0. The molecule has 2 N–H and O–H groups in total. The lowest BCUT2D eigenvalue weighted by Gasteiger charge is -2.19. The maximum absolute atomic E-state index is 12.3. The molecule has 0 aliphatic carbocycles. The molecule has 0 spiro atoms. The Morgan fingerprint density at radius 1 is 1.03 bits per heavy atom. The standard InChI is InChI=1S/C29H34N2O5/c1-29(2,3)36-28(34)30-18-10-8-6-4-5-7-9-13-21-14-11-16-23(19-21)35-24-17-12-15-22-20-25(32)31-27(33)26(22)24/h11-12,14-17,19H,4-8,10,18,20H2,1-3H3,(H,30,34)(H,31,32,33). The fraction of sp³-hybridized carbons (Fsp3) is 0.414. The van der Waals surface area contributed by atoms with Gasteiger partial charge in [-0.25, -0.2) is 4.79 Å². The van der Waals surface area contributed by atoms with Gasteiger partial charge in [0.05, 0.1) is 12.0 Å². The van der Waals surface area contributed by atoms with E-state index in [9.17, 15) is 14.4 Å². The van der Waals surface area contributed by atoms with Crippen molar-refractivity contribution in [1.82, 2.24) is 10.6 Å². The van der Waals surface area contributed by atoms with Crippen molar-refractivity contribution in [1.29, 1.82) is 0 Å². The molecule has 2 aromatic carbocycles. The van der Waals surface area contributed by atoms with Gasteiger partial charge in [0, 0.05) is 18.5 Å². The summed E-state index contributed by atoms with van der Waals surface area (Å²) in [6, 6.07) is 12.7. The molecule has 0 radical (unpaired) electrons. The molecule has 1 aliphatic heterocycles. The van der Waals surface area contributed by atoms with Gasteiger partial charge in [-0.2, -0.15) is 0 Å². The molecule has 7 nitrogen and oxygen atoms in total. The van der Waals surface area contributed by atoms with Crippen molar-refractivity contribution in [2.24, 2.45) is 0 Å². The number of hydrogen-bond donors (Lipinski definition) is 2. The van der Waals surface area contributed by atoms with E-state index in [2.05, 4.69) is 22.5 Å². The number of amides is 3. The summed E-state index contributed by atoms with van der Waals surface area (Å²) in [7, 11) is 0. The highest BCUT2D eigenvalue weighted by Crippen LogP contribution is 2.30. The third-order valence-corrected chi connectivity index (χ3v) is 5.38. The number of carbonyl (C=O) groups excluding carboxylic acids is 3. The lowest BCUT2D eigenvalue weighted by atomic mass is 9.99. The van der Waals surface area contributed by atoms with Crippen LogP contribution in [0.15, 0.2) is 42.5 Å². The smallest absolute Gasteiger partial charge is 0.407 e. The van der Waals surface area contributed by atoms with Gasteiger partial charge in [0.15, 0.2) is 0 Å². The van der Waals surface area contributed by atoms with Gasteiger partial charge in [-0.3, -0.25) is 14.9 Å². The molecular weight excluding hydrogens is 456 g/mol. The predicted molar refractivity (Wildman–Crippen MR) is 138 cm³/mol. The number of hydrogen-bond acceptors (Lipinski definition) is 5. The number of rotatable bonds is 9. The maximum Gasteiger partial charge on any atom is 0.407 e. The van der Waals surface area contributed by atoms with E-state index in [4.69, 9.17) is 9.47 Å². The number of carbonyl (C=O) groups is 3. The number of imide groups is 1. The van der Waals surface area contributed by atoms with Crippen molar-refractivity contribution in [3.63, 3.8) is 0 Å². The van der Waals surface area contributed by atoms with Crippen LogP contribution in [0.3, 0.4) is 0 Å². The van der Waals surface area contributed by atoms with Crippen LogP contribution >= 0.6 is 0 Å². The summed E-state index contributed by atoms with van der Waals surface area (Å²) in [4.78, 5) is 35.5. The van der Waals surface area contributed by atoms with Crippen LogP contribution in [0, 0.1) is 11.8 Å². The molecule has 1 heterocycles. The minimum absolute atomic E-state index is 0.159. The molecule has 0 unspecified atom stereocenters. The van der Waals surface area contributed by atoms with Crippen LogP contribution in [0.1, 0.15) is 80.8 Å². The Morgan fingerprint density at radius 3 is 2.58 bits per heavy atom. The van der Waals surface area contributed by atoms with E-state index in [0.717, 1.165) is 44.1 Å². The van der Waals surface area contributed by atoms with Crippen molar-refractivity contribution >= 4 is 17.9 Å². The van der Waals surface area contributed by atoms with Crippen molar-refractivity contribution in [3.05, 3.63) is 59.2 Å². The van der Waals surface area contributed by atoms with E-state index in [-0.39, 0.29) is 18.4 Å². The van der Waals surface area contributed by atoms with Crippen molar-refractivity contribution in [2.45, 2.75) is 71.3 Å². The number of unbranched alkanes of at least 4 members (excludes halogenated alkanes) is 5. The molecule has 0 aromatic heterocycles. The lowest BCUT2D eigenvalue weighted by molar-refractivity contribution is -0.119. The minimum atomic E-state index is -0.471. The fourth-order valence-corrected chi connectivity index (χ4v) is 3.78. The highest BCUT2D eigenvalue weighted by atomic mass is 16.6. The summed E-state index contributed by atoms with van der Waals surface area (Å²) in [5.74, 6) is 6.64. The second kappa shape index (κ2) is 12.8. The molecule has 0 saturated heterocycles. The van der Waals surface area contributed by atoms with Gasteiger partial charge in [0.2, 0.25) is 5.91 Å². The molecule has 3 amide bonds. The summed E-state index contributed by atoms with van der Waals surface area (Å²) < 4.78 is 11.2. The number of nitrogens with one attached hydrogen (secondary N) is 2. The molecule has 0 fully saturated rings. The quantitative estimate of drug-likeness (QED) is 0.275. The van der Waals surface area contributed by atoms with Crippen LogP contribution in [0.25, 0.3) is 0 Å². The largest absolute Gasteiger partial charge is 0.456 e. The first-order valence-electron chi connectivity index (χ1n) is 12.4.